The largest absolute Gasteiger partial charge is 0.497 e. The second-order valence-corrected chi connectivity index (χ2v) is 4.96. The van der Waals surface area contributed by atoms with E-state index in [1.165, 1.54) is 0 Å². The van der Waals surface area contributed by atoms with Gasteiger partial charge in [-0.05, 0) is 38.0 Å². The Bertz CT molecular complexity index is 408. The summed E-state index contributed by atoms with van der Waals surface area (Å²) in [5, 5.41) is 3.58. The van der Waals surface area contributed by atoms with Gasteiger partial charge in [-0.1, -0.05) is 0 Å². The van der Waals surface area contributed by atoms with Crippen molar-refractivity contribution in [3.8, 4) is 11.5 Å². The van der Waals surface area contributed by atoms with Crippen LogP contribution in [0.2, 0.25) is 0 Å². The van der Waals surface area contributed by atoms with Crippen LogP contribution in [0.15, 0.2) is 18.2 Å². The van der Waals surface area contributed by atoms with Crippen LogP contribution in [0.3, 0.4) is 0 Å². The fraction of sp³-hybridized carbons (Fsp3) is 0.600. The van der Waals surface area contributed by atoms with Gasteiger partial charge in [-0.15, -0.1) is 0 Å². The van der Waals surface area contributed by atoms with Crippen LogP contribution in [0.1, 0.15) is 25.3 Å². The van der Waals surface area contributed by atoms with Crippen molar-refractivity contribution in [3.05, 3.63) is 23.8 Å². The molecule has 1 aliphatic heterocycles. The van der Waals surface area contributed by atoms with Crippen molar-refractivity contribution in [1.29, 1.82) is 0 Å². The molecule has 2 unspecified atom stereocenters. The molecule has 2 atom stereocenters. The number of hydrogen-bond acceptors (Lipinski definition) is 4. The highest BCUT2D eigenvalue weighted by molar-refractivity contribution is 5.40. The molecule has 19 heavy (non-hydrogen) atoms. The summed E-state index contributed by atoms with van der Waals surface area (Å²) in [6, 6.07) is 6.40. The molecule has 4 nitrogen and oxygen atoms in total. The average molecular weight is 265 g/mol. The molecule has 1 fully saturated rings. The van der Waals surface area contributed by atoms with Crippen molar-refractivity contribution in [2.45, 2.75) is 38.5 Å². The van der Waals surface area contributed by atoms with E-state index in [-0.39, 0.29) is 0 Å². The van der Waals surface area contributed by atoms with E-state index in [1.54, 1.807) is 14.2 Å². The summed E-state index contributed by atoms with van der Waals surface area (Å²) in [6.45, 7) is 3.76. The molecule has 1 aromatic carbocycles. The quantitative estimate of drug-likeness (QED) is 0.887. The Kier molecular flexibility index (Phi) is 5.05. The standard InChI is InChI=1S/C15H23NO3/c1-11-8-13(6-7-19-11)16-10-12-9-14(17-2)4-5-15(12)18-3/h4-5,9,11,13,16H,6-8,10H2,1-3H3. The summed E-state index contributed by atoms with van der Waals surface area (Å²) in [5.74, 6) is 1.76. The molecule has 1 aliphatic rings. The van der Waals surface area contributed by atoms with E-state index in [0.717, 1.165) is 43.1 Å². The second kappa shape index (κ2) is 6.78. The number of rotatable bonds is 5. The number of benzene rings is 1. The Morgan fingerprint density at radius 3 is 2.84 bits per heavy atom. The molecular weight excluding hydrogens is 242 g/mol. The summed E-state index contributed by atoms with van der Waals surface area (Å²) in [6.07, 6.45) is 2.47. The lowest BCUT2D eigenvalue weighted by molar-refractivity contribution is 0.0130. The van der Waals surface area contributed by atoms with E-state index in [1.807, 2.05) is 18.2 Å². The van der Waals surface area contributed by atoms with Gasteiger partial charge in [0.15, 0.2) is 0 Å². The molecule has 0 aromatic heterocycles. The lowest BCUT2D eigenvalue weighted by Crippen LogP contribution is -2.37. The molecule has 1 heterocycles. The van der Waals surface area contributed by atoms with Crippen LogP contribution in [0.4, 0.5) is 0 Å². The zero-order valence-electron chi connectivity index (χ0n) is 11.9. The van der Waals surface area contributed by atoms with Crippen molar-refractivity contribution >= 4 is 0 Å². The van der Waals surface area contributed by atoms with Crippen LogP contribution in [0.25, 0.3) is 0 Å². The fourth-order valence-electron chi connectivity index (χ4n) is 2.46. The predicted molar refractivity (Wildman–Crippen MR) is 74.8 cm³/mol. The van der Waals surface area contributed by atoms with Gasteiger partial charge in [-0.2, -0.15) is 0 Å². The third-order valence-corrected chi connectivity index (χ3v) is 3.55. The van der Waals surface area contributed by atoms with Gasteiger partial charge in [0.25, 0.3) is 0 Å². The van der Waals surface area contributed by atoms with Gasteiger partial charge in [0.2, 0.25) is 0 Å². The van der Waals surface area contributed by atoms with Gasteiger partial charge >= 0.3 is 0 Å². The van der Waals surface area contributed by atoms with Crippen LogP contribution in [-0.2, 0) is 11.3 Å². The Morgan fingerprint density at radius 2 is 2.16 bits per heavy atom. The zero-order chi connectivity index (χ0) is 13.7. The third kappa shape index (κ3) is 3.85. The molecule has 1 aromatic rings. The maximum atomic E-state index is 5.56. The van der Waals surface area contributed by atoms with Crippen LogP contribution < -0.4 is 14.8 Å². The molecule has 106 valence electrons. The number of nitrogens with one attached hydrogen (secondary N) is 1. The third-order valence-electron chi connectivity index (χ3n) is 3.55. The summed E-state index contributed by atoms with van der Waals surface area (Å²) < 4.78 is 16.2. The van der Waals surface area contributed by atoms with E-state index in [0.29, 0.717) is 12.1 Å². The zero-order valence-corrected chi connectivity index (χ0v) is 11.9. The Balaban J connectivity index is 1.97. The molecule has 0 saturated carbocycles. The smallest absolute Gasteiger partial charge is 0.123 e. The first-order valence-corrected chi connectivity index (χ1v) is 6.79. The van der Waals surface area contributed by atoms with Crippen molar-refractivity contribution in [3.63, 3.8) is 0 Å². The van der Waals surface area contributed by atoms with Crippen molar-refractivity contribution in [2.24, 2.45) is 0 Å². The summed E-state index contributed by atoms with van der Waals surface area (Å²) >= 11 is 0. The van der Waals surface area contributed by atoms with E-state index < -0.39 is 0 Å². The molecule has 1 saturated heterocycles. The molecule has 0 radical (unpaired) electrons. The van der Waals surface area contributed by atoms with Gasteiger partial charge in [0, 0.05) is 24.8 Å². The van der Waals surface area contributed by atoms with Crippen LogP contribution in [0, 0.1) is 0 Å². The van der Waals surface area contributed by atoms with Gasteiger partial charge in [-0.3, -0.25) is 0 Å². The average Bonchev–Trinajstić information content (AvgIpc) is 2.45. The molecule has 0 aliphatic carbocycles. The highest BCUT2D eigenvalue weighted by atomic mass is 16.5. The fourth-order valence-corrected chi connectivity index (χ4v) is 2.46. The minimum Gasteiger partial charge on any atom is -0.497 e. The molecule has 4 heteroatoms. The van der Waals surface area contributed by atoms with Crippen LogP contribution >= 0.6 is 0 Å². The summed E-state index contributed by atoms with van der Waals surface area (Å²) in [4.78, 5) is 0. The minimum absolute atomic E-state index is 0.346. The molecule has 1 N–H and O–H groups in total. The van der Waals surface area contributed by atoms with Crippen LogP contribution in [-0.4, -0.2) is 33.0 Å². The maximum Gasteiger partial charge on any atom is 0.123 e. The predicted octanol–water partition coefficient (Wildman–Crippen LogP) is 2.36. The molecule has 2 rings (SSSR count). The van der Waals surface area contributed by atoms with Crippen molar-refractivity contribution in [2.75, 3.05) is 20.8 Å². The van der Waals surface area contributed by atoms with Crippen LogP contribution in [0.5, 0.6) is 11.5 Å². The summed E-state index contributed by atoms with van der Waals surface area (Å²) in [5.41, 5.74) is 1.13. The molecular formula is C15H23NO3. The van der Waals surface area contributed by atoms with Crippen molar-refractivity contribution < 1.29 is 14.2 Å². The number of ether oxygens (including phenoxy) is 3. The SMILES string of the molecule is COc1ccc(OC)c(CNC2CCOC(C)C2)c1. The highest BCUT2D eigenvalue weighted by Gasteiger charge is 2.19. The number of methoxy groups -OCH3 is 2. The monoisotopic (exact) mass is 265 g/mol. The molecule has 0 bridgehead atoms. The van der Waals surface area contributed by atoms with Gasteiger partial charge in [0.05, 0.1) is 20.3 Å². The lowest BCUT2D eigenvalue weighted by atomic mass is 10.0. The van der Waals surface area contributed by atoms with Crippen molar-refractivity contribution in [1.82, 2.24) is 5.32 Å². The van der Waals surface area contributed by atoms with Gasteiger partial charge in [0.1, 0.15) is 11.5 Å². The van der Waals surface area contributed by atoms with E-state index in [4.69, 9.17) is 14.2 Å². The molecule has 0 spiro atoms. The minimum atomic E-state index is 0.346. The first-order chi connectivity index (χ1) is 9.22. The Hall–Kier alpha value is -1.26. The Morgan fingerprint density at radius 1 is 1.32 bits per heavy atom. The maximum absolute atomic E-state index is 5.56. The topological polar surface area (TPSA) is 39.7 Å². The normalized spacial score (nSPS) is 23.1. The first kappa shape index (κ1) is 14.2. The second-order valence-electron chi connectivity index (χ2n) is 4.96. The van der Waals surface area contributed by atoms with E-state index in [9.17, 15) is 0 Å². The van der Waals surface area contributed by atoms with Gasteiger partial charge < -0.3 is 19.5 Å². The first-order valence-electron chi connectivity index (χ1n) is 6.79. The molecule has 0 amide bonds. The van der Waals surface area contributed by atoms with E-state index >= 15 is 0 Å². The number of hydrogen-bond donors (Lipinski definition) is 1. The van der Waals surface area contributed by atoms with E-state index in [2.05, 4.69) is 12.2 Å². The Labute approximate surface area is 115 Å². The van der Waals surface area contributed by atoms with Gasteiger partial charge in [-0.25, -0.2) is 0 Å². The lowest BCUT2D eigenvalue weighted by Gasteiger charge is -2.28. The highest BCUT2D eigenvalue weighted by Crippen LogP contribution is 2.24. The summed E-state index contributed by atoms with van der Waals surface area (Å²) in [7, 11) is 3.38.